The lowest BCUT2D eigenvalue weighted by atomic mass is 10.0. The van der Waals surface area contributed by atoms with Gasteiger partial charge in [-0.1, -0.05) is 6.92 Å². The minimum absolute atomic E-state index is 0.388. The van der Waals surface area contributed by atoms with Crippen LogP contribution in [0, 0.1) is 5.92 Å². The number of aromatic nitrogens is 1. The highest BCUT2D eigenvalue weighted by Gasteiger charge is 2.28. The van der Waals surface area contributed by atoms with Crippen LogP contribution in [0.2, 0.25) is 0 Å². The lowest BCUT2D eigenvalue weighted by Crippen LogP contribution is -2.43. The molecule has 0 amide bonds. The van der Waals surface area contributed by atoms with E-state index >= 15 is 0 Å². The molecule has 0 spiro atoms. The number of nitrogens with one attached hydrogen (secondary N) is 1. The van der Waals surface area contributed by atoms with Crippen molar-refractivity contribution in [2.75, 3.05) is 45.9 Å². The first kappa shape index (κ1) is 19.6. The summed E-state index contributed by atoms with van der Waals surface area (Å²) in [7, 11) is 2.14. The fourth-order valence-electron chi connectivity index (χ4n) is 4.05. The highest BCUT2D eigenvalue weighted by molar-refractivity contribution is 7.80. The molecule has 1 aromatic rings. The fraction of sp³-hybridized carbons (Fsp3) is 0.750. The van der Waals surface area contributed by atoms with Crippen LogP contribution in [0.25, 0.3) is 0 Å². The Morgan fingerprint density at radius 2 is 2.04 bits per heavy atom. The highest BCUT2D eigenvalue weighted by Crippen LogP contribution is 2.32. The van der Waals surface area contributed by atoms with E-state index in [2.05, 4.69) is 52.0 Å². The topological polar surface area (TPSA) is 32.7 Å². The third-order valence-electron chi connectivity index (χ3n) is 5.79. The van der Waals surface area contributed by atoms with E-state index in [1.54, 1.807) is 0 Å². The number of thiocarbonyl (C=S) groups is 1. The number of nitrogens with zero attached hydrogens (tertiary/aromatic N) is 3. The van der Waals surface area contributed by atoms with Crippen molar-refractivity contribution in [2.45, 2.75) is 38.6 Å². The quantitative estimate of drug-likeness (QED) is 0.629. The molecule has 2 aliphatic rings. The van der Waals surface area contributed by atoms with Gasteiger partial charge in [-0.15, -0.1) is 0 Å². The van der Waals surface area contributed by atoms with Crippen molar-refractivity contribution in [3.63, 3.8) is 0 Å². The van der Waals surface area contributed by atoms with Crippen molar-refractivity contribution in [3.8, 4) is 0 Å². The maximum absolute atomic E-state index is 5.81. The van der Waals surface area contributed by atoms with Crippen molar-refractivity contribution in [3.05, 3.63) is 24.0 Å². The number of hydrogen-bond acceptors (Lipinski definition) is 3. The predicted molar refractivity (Wildman–Crippen MR) is 110 cm³/mol. The molecule has 1 aromatic heterocycles. The molecular formula is C20H34N4OS. The summed E-state index contributed by atoms with van der Waals surface area (Å²) in [6.07, 6.45) is 6.93. The smallest absolute Gasteiger partial charge is 0.169 e. The van der Waals surface area contributed by atoms with Gasteiger partial charge < -0.3 is 19.5 Å². The van der Waals surface area contributed by atoms with Crippen molar-refractivity contribution >= 4 is 17.3 Å². The summed E-state index contributed by atoms with van der Waals surface area (Å²) >= 11 is 5.81. The van der Waals surface area contributed by atoms with Crippen LogP contribution >= 0.6 is 12.2 Å². The average Bonchev–Trinajstić information content (AvgIpc) is 2.98. The SMILES string of the molecule is C[C@@H]1CC[C@@H](c2cccn2C)N(C(=S)NCCCN2CCOCC2)CC1. The van der Waals surface area contributed by atoms with Gasteiger partial charge in [0.1, 0.15) is 0 Å². The van der Waals surface area contributed by atoms with E-state index in [-0.39, 0.29) is 0 Å². The van der Waals surface area contributed by atoms with Crippen molar-refractivity contribution in [2.24, 2.45) is 13.0 Å². The van der Waals surface area contributed by atoms with E-state index in [0.717, 1.165) is 63.4 Å². The van der Waals surface area contributed by atoms with Crippen molar-refractivity contribution in [1.82, 2.24) is 19.7 Å². The second kappa shape index (κ2) is 9.72. The van der Waals surface area contributed by atoms with Gasteiger partial charge in [-0.05, 0) is 62.5 Å². The zero-order valence-electron chi connectivity index (χ0n) is 16.3. The zero-order valence-corrected chi connectivity index (χ0v) is 17.1. The van der Waals surface area contributed by atoms with Crippen LogP contribution in [0.15, 0.2) is 18.3 Å². The van der Waals surface area contributed by atoms with Gasteiger partial charge in [0.05, 0.1) is 19.3 Å². The van der Waals surface area contributed by atoms with Gasteiger partial charge in [-0.3, -0.25) is 4.90 Å². The zero-order chi connectivity index (χ0) is 18.4. The van der Waals surface area contributed by atoms with Crippen LogP contribution in [0.3, 0.4) is 0 Å². The molecule has 3 heterocycles. The van der Waals surface area contributed by atoms with E-state index in [1.165, 1.54) is 25.0 Å². The summed E-state index contributed by atoms with van der Waals surface area (Å²) in [6.45, 7) is 9.34. The molecule has 2 saturated heterocycles. The van der Waals surface area contributed by atoms with Crippen molar-refractivity contribution < 1.29 is 4.74 Å². The molecule has 0 aliphatic carbocycles. The van der Waals surface area contributed by atoms with Gasteiger partial charge in [-0.2, -0.15) is 0 Å². The first-order valence-electron chi connectivity index (χ1n) is 10.1. The monoisotopic (exact) mass is 378 g/mol. The molecule has 0 aromatic carbocycles. The largest absolute Gasteiger partial charge is 0.379 e. The molecule has 0 bridgehead atoms. The highest BCUT2D eigenvalue weighted by atomic mass is 32.1. The molecule has 0 unspecified atom stereocenters. The van der Waals surface area contributed by atoms with Gasteiger partial charge in [-0.25, -0.2) is 0 Å². The molecule has 0 saturated carbocycles. The fourth-order valence-corrected chi connectivity index (χ4v) is 4.37. The lowest BCUT2D eigenvalue weighted by molar-refractivity contribution is 0.0375. The number of hydrogen-bond donors (Lipinski definition) is 1. The summed E-state index contributed by atoms with van der Waals surface area (Å²) < 4.78 is 7.66. The summed E-state index contributed by atoms with van der Waals surface area (Å²) in [4.78, 5) is 4.91. The Morgan fingerprint density at radius 1 is 1.23 bits per heavy atom. The maximum atomic E-state index is 5.81. The first-order chi connectivity index (χ1) is 12.6. The van der Waals surface area contributed by atoms with Crippen LogP contribution in [0.1, 0.15) is 44.3 Å². The summed E-state index contributed by atoms with van der Waals surface area (Å²) in [6, 6.07) is 4.77. The Balaban J connectivity index is 1.53. The Bertz CT molecular complexity index is 570. The normalized spacial score (nSPS) is 25.1. The van der Waals surface area contributed by atoms with Crippen LogP contribution in [-0.2, 0) is 11.8 Å². The standard InChI is InChI=1S/C20H34N4OS/c1-17-6-7-19(18-5-3-10-22(18)2)24(12-8-17)20(26)21-9-4-11-23-13-15-25-16-14-23/h3,5,10,17,19H,4,6-9,11-16H2,1-2H3,(H,21,26)/t17-,19+/m1/s1. The van der Waals surface area contributed by atoms with Gasteiger partial charge in [0, 0.05) is 45.1 Å². The van der Waals surface area contributed by atoms with E-state index in [4.69, 9.17) is 17.0 Å². The van der Waals surface area contributed by atoms with Crippen molar-refractivity contribution in [1.29, 1.82) is 0 Å². The third kappa shape index (κ3) is 5.21. The molecule has 2 atom stereocenters. The summed E-state index contributed by atoms with van der Waals surface area (Å²) in [5, 5.41) is 4.46. The van der Waals surface area contributed by atoms with Gasteiger partial charge in [0.2, 0.25) is 0 Å². The Morgan fingerprint density at radius 3 is 2.77 bits per heavy atom. The van der Waals surface area contributed by atoms with E-state index < -0.39 is 0 Å². The van der Waals surface area contributed by atoms with E-state index in [0.29, 0.717) is 6.04 Å². The molecule has 146 valence electrons. The molecule has 5 nitrogen and oxygen atoms in total. The van der Waals surface area contributed by atoms with Crippen LogP contribution in [0.5, 0.6) is 0 Å². The van der Waals surface area contributed by atoms with Crippen LogP contribution in [-0.4, -0.2) is 65.4 Å². The lowest BCUT2D eigenvalue weighted by Gasteiger charge is -2.33. The number of morpholine rings is 1. The second-order valence-corrected chi connectivity index (χ2v) is 8.15. The van der Waals surface area contributed by atoms with E-state index in [9.17, 15) is 0 Å². The number of rotatable bonds is 5. The maximum Gasteiger partial charge on any atom is 0.169 e. The summed E-state index contributed by atoms with van der Waals surface area (Å²) in [5.74, 6) is 0.770. The second-order valence-electron chi connectivity index (χ2n) is 7.76. The number of likely N-dealkylation sites (tertiary alicyclic amines) is 1. The molecule has 1 N–H and O–H groups in total. The number of ether oxygens (including phenoxy) is 1. The third-order valence-corrected chi connectivity index (χ3v) is 6.17. The molecule has 6 heteroatoms. The minimum atomic E-state index is 0.388. The van der Waals surface area contributed by atoms with Gasteiger partial charge >= 0.3 is 0 Å². The Kier molecular flexibility index (Phi) is 7.34. The molecular weight excluding hydrogens is 344 g/mol. The average molecular weight is 379 g/mol. The minimum Gasteiger partial charge on any atom is -0.379 e. The molecule has 3 rings (SSSR count). The van der Waals surface area contributed by atoms with E-state index in [1.807, 2.05) is 0 Å². The molecule has 26 heavy (non-hydrogen) atoms. The molecule has 0 radical (unpaired) electrons. The predicted octanol–water partition coefficient (Wildman–Crippen LogP) is 2.79. The molecule has 2 fully saturated rings. The Labute approximate surface area is 163 Å². The van der Waals surface area contributed by atoms with Crippen LogP contribution in [0.4, 0.5) is 0 Å². The Hall–Kier alpha value is -1.11. The van der Waals surface area contributed by atoms with Gasteiger partial charge in [0.25, 0.3) is 0 Å². The van der Waals surface area contributed by atoms with Gasteiger partial charge in [0.15, 0.2) is 5.11 Å². The first-order valence-corrected chi connectivity index (χ1v) is 10.5. The molecule has 2 aliphatic heterocycles. The summed E-state index contributed by atoms with van der Waals surface area (Å²) in [5.41, 5.74) is 1.37. The number of aryl methyl sites for hydroxylation is 1. The van der Waals surface area contributed by atoms with Crippen LogP contribution < -0.4 is 5.32 Å².